The Balaban J connectivity index is 3.07. The topological polar surface area (TPSA) is 79.3 Å². The summed E-state index contributed by atoms with van der Waals surface area (Å²) in [6, 6.07) is 1.41. The van der Waals surface area contributed by atoms with Gasteiger partial charge in [0.25, 0.3) is 0 Å². The molecule has 0 saturated heterocycles. The van der Waals surface area contributed by atoms with E-state index < -0.39 is 6.09 Å². The van der Waals surface area contributed by atoms with Crippen molar-refractivity contribution < 1.29 is 14.7 Å². The first kappa shape index (κ1) is 9.66. The maximum Gasteiger partial charge on any atom is 0.409 e. The Morgan fingerprint density at radius 3 is 2.92 bits per heavy atom. The number of nitrogens with zero attached hydrogens (tertiary/aromatic N) is 1. The van der Waals surface area contributed by atoms with Crippen LogP contribution >= 0.6 is 15.9 Å². The van der Waals surface area contributed by atoms with Gasteiger partial charge in [0, 0.05) is 6.20 Å². The van der Waals surface area contributed by atoms with Crippen molar-refractivity contribution in [3.63, 3.8) is 0 Å². The molecule has 13 heavy (non-hydrogen) atoms. The number of hydrogen-bond acceptors (Lipinski definition) is 3. The van der Waals surface area contributed by atoms with E-state index in [1.165, 1.54) is 12.3 Å². The highest BCUT2D eigenvalue weighted by Crippen LogP contribution is 2.17. The Kier molecular flexibility index (Phi) is 2.97. The van der Waals surface area contributed by atoms with Crippen molar-refractivity contribution in [3.8, 4) is 0 Å². The molecule has 0 aliphatic carbocycles. The predicted molar refractivity (Wildman–Crippen MR) is 49.0 cm³/mol. The van der Waals surface area contributed by atoms with E-state index >= 15 is 0 Å². The fraction of sp³-hybridized carbons (Fsp3) is 0. The highest BCUT2D eigenvalue weighted by atomic mass is 79.9. The number of carbonyl (C=O) groups is 2. The van der Waals surface area contributed by atoms with Gasteiger partial charge >= 0.3 is 6.09 Å². The minimum atomic E-state index is -1.22. The largest absolute Gasteiger partial charge is 0.465 e. The van der Waals surface area contributed by atoms with Crippen LogP contribution in [0.2, 0.25) is 0 Å². The first-order valence-electron chi connectivity index (χ1n) is 3.24. The zero-order chi connectivity index (χ0) is 9.84. The Hall–Kier alpha value is -1.43. The number of aldehydes is 1. The quantitative estimate of drug-likeness (QED) is 0.614. The van der Waals surface area contributed by atoms with Gasteiger partial charge in [0.05, 0.1) is 11.3 Å². The summed E-state index contributed by atoms with van der Waals surface area (Å²) in [7, 11) is 0. The summed E-state index contributed by atoms with van der Waals surface area (Å²) in [5, 5.41) is 10.5. The van der Waals surface area contributed by atoms with Gasteiger partial charge < -0.3 is 5.11 Å². The molecular weight excluding hydrogens is 240 g/mol. The van der Waals surface area contributed by atoms with E-state index in [0.717, 1.165) is 0 Å². The van der Waals surface area contributed by atoms with Crippen LogP contribution in [-0.2, 0) is 0 Å². The van der Waals surface area contributed by atoms with Gasteiger partial charge in [0.2, 0.25) is 0 Å². The van der Waals surface area contributed by atoms with Crippen LogP contribution in [0.15, 0.2) is 16.9 Å². The fourth-order valence-electron chi connectivity index (χ4n) is 0.758. The fourth-order valence-corrected chi connectivity index (χ4v) is 1.09. The average Bonchev–Trinajstić information content (AvgIpc) is 2.03. The third kappa shape index (κ3) is 2.51. The average molecular weight is 245 g/mol. The highest BCUT2D eigenvalue weighted by Gasteiger charge is 2.05. The number of halogens is 1. The van der Waals surface area contributed by atoms with Crippen LogP contribution in [0, 0.1) is 0 Å². The minimum absolute atomic E-state index is 0.200. The molecule has 0 aromatic carbocycles. The second-order valence-corrected chi connectivity index (χ2v) is 2.95. The van der Waals surface area contributed by atoms with E-state index in [4.69, 9.17) is 5.11 Å². The second kappa shape index (κ2) is 3.99. The molecule has 1 aromatic heterocycles. The van der Waals surface area contributed by atoms with E-state index in [-0.39, 0.29) is 11.3 Å². The van der Waals surface area contributed by atoms with Gasteiger partial charge in [-0.05, 0) is 22.0 Å². The van der Waals surface area contributed by atoms with Gasteiger partial charge in [-0.3, -0.25) is 10.1 Å². The molecule has 0 atom stereocenters. The van der Waals surface area contributed by atoms with Crippen LogP contribution in [0.5, 0.6) is 0 Å². The van der Waals surface area contributed by atoms with E-state index in [1.807, 2.05) is 0 Å². The number of aromatic nitrogens is 1. The summed E-state index contributed by atoms with van der Waals surface area (Å²) in [5.74, 6) is 0. The molecule has 0 fully saturated rings. The molecule has 0 aliphatic rings. The molecule has 1 aromatic rings. The summed E-state index contributed by atoms with van der Waals surface area (Å²) in [4.78, 5) is 24.5. The predicted octanol–water partition coefficient (Wildman–Crippen LogP) is 1.75. The van der Waals surface area contributed by atoms with Gasteiger partial charge in [-0.2, -0.15) is 0 Å². The number of nitrogens with one attached hydrogen (secondary N) is 1. The zero-order valence-electron chi connectivity index (χ0n) is 6.32. The summed E-state index contributed by atoms with van der Waals surface area (Å²) in [6.07, 6.45) is 0.591. The van der Waals surface area contributed by atoms with Crippen molar-refractivity contribution in [1.29, 1.82) is 0 Å². The molecule has 0 unspecified atom stereocenters. The molecule has 1 rings (SSSR count). The van der Waals surface area contributed by atoms with Crippen molar-refractivity contribution in [2.75, 3.05) is 5.32 Å². The molecule has 5 nitrogen and oxygen atoms in total. The molecule has 2 N–H and O–H groups in total. The molecule has 0 saturated carbocycles. The Bertz CT molecular complexity index is 354. The molecule has 0 aliphatic heterocycles. The summed E-state index contributed by atoms with van der Waals surface area (Å²) in [5.41, 5.74) is 0.412. The number of anilines is 1. The number of amides is 1. The monoisotopic (exact) mass is 244 g/mol. The molecule has 68 valence electrons. The normalized spacial score (nSPS) is 9.31. The Morgan fingerprint density at radius 1 is 1.69 bits per heavy atom. The van der Waals surface area contributed by atoms with E-state index in [1.54, 1.807) is 0 Å². The van der Waals surface area contributed by atoms with Crippen LogP contribution in [0.4, 0.5) is 10.5 Å². The lowest BCUT2D eigenvalue weighted by Gasteiger charge is -2.03. The lowest BCUT2D eigenvalue weighted by molar-refractivity contribution is 0.112. The first-order chi connectivity index (χ1) is 6.13. The van der Waals surface area contributed by atoms with Crippen molar-refractivity contribution in [3.05, 3.63) is 22.4 Å². The van der Waals surface area contributed by atoms with Crippen molar-refractivity contribution >= 4 is 34.0 Å². The standard InChI is InChI=1S/C7H5BrN2O3/c8-6-1-5(10-7(12)13)4(3-11)2-9-6/h1-3H,(H,9,10)(H,12,13). The summed E-state index contributed by atoms with van der Waals surface area (Å²) >= 11 is 3.06. The van der Waals surface area contributed by atoms with E-state index in [0.29, 0.717) is 10.9 Å². The number of hydrogen-bond donors (Lipinski definition) is 2. The second-order valence-electron chi connectivity index (χ2n) is 2.14. The van der Waals surface area contributed by atoms with Gasteiger partial charge in [-0.15, -0.1) is 0 Å². The maximum atomic E-state index is 10.4. The first-order valence-corrected chi connectivity index (χ1v) is 4.03. The van der Waals surface area contributed by atoms with Gasteiger partial charge in [0.1, 0.15) is 4.60 Å². The number of rotatable bonds is 2. The third-order valence-electron chi connectivity index (χ3n) is 1.27. The van der Waals surface area contributed by atoms with Gasteiger partial charge in [-0.1, -0.05) is 0 Å². The van der Waals surface area contributed by atoms with E-state index in [2.05, 4.69) is 26.2 Å². The Morgan fingerprint density at radius 2 is 2.38 bits per heavy atom. The number of carboxylic acid groups (broad SMARTS) is 1. The van der Waals surface area contributed by atoms with Crippen LogP contribution in [0.1, 0.15) is 10.4 Å². The van der Waals surface area contributed by atoms with Crippen molar-refractivity contribution in [1.82, 2.24) is 4.98 Å². The maximum absolute atomic E-state index is 10.4. The van der Waals surface area contributed by atoms with Crippen LogP contribution in [0.3, 0.4) is 0 Å². The van der Waals surface area contributed by atoms with Crippen LogP contribution < -0.4 is 5.32 Å². The van der Waals surface area contributed by atoms with Gasteiger partial charge in [0.15, 0.2) is 6.29 Å². The molecule has 6 heteroatoms. The molecule has 1 heterocycles. The van der Waals surface area contributed by atoms with Gasteiger partial charge in [-0.25, -0.2) is 9.78 Å². The smallest absolute Gasteiger partial charge is 0.409 e. The zero-order valence-corrected chi connectivity index (χ0v) is 7.91. The lowest BCUT2D eigenvalue weighted by atomic mass is 10.2. The third-order valence-corrected chi connectivity index (χ3v) is 1.70. The van der Waals surface area contributed by atoms with Crippen LogP contribution in [-0.4, -0.2) is 22.5 Å². The van der Waals surface area contributed by atoms with Crippen molar-refractivity contribution in [2.24, 2.45) is 0 Å². The van der Waals surface area contributed by atoms with Crippen LogP contribution in [0.25, 0.3) is 0 Å². The molecule has 0 bridgehead atoms. The Labute approximate surface area is 81.9 Å². The highest BCUT2D eigenvalue weighted by molar-refractivity contribution is 9.10. The van der Waals surface area contributed by atoms with Crippen molar-refractivity contribution in [2.45, 2.75) is 0 Å². The molecule has 0 radical (unpaired) electrons. The SMILES string of the molecule is O=Cc1cnc(Br)cc1NC(=O)O. The molecular formula is C7H5BrN2O3. The summed E-state index contributed by atoms with van der Waals surface area (Å²) < 4.78 is 0.460. The summed E-state index contributed by atoms with van der Waals surface area (Å²) in [6.45, 7) is 0. The minimum Gasteiger partial charge on any atom is -0.465 e. The molecule has 0 spiro atoms. The number of pyridine rings is 1. The van der Waals surface area contributed by atoms with E-state index in [9.17, 15) is 9.59 Å². The lowest BCUT2D eigenvalue weighted by Crippen LogP contribution is -2.09. The molecule has 1 amide bonds. The number of carbonyl (C=O) groups excluding carboxylic acids is 1.